The van der Waals surface area contributed by atoms with Crippen molar-refractivity contribution in [1.29, 1.82) is 0 Å². The van der Waals surface area contributed by atoms with Crippen molar-refractivity contribution in [3.63, 3.8) is 0 Å². The van der Waals surface area contributed by atoms with Crippen LogP contribution in [0.1, 0.15) is 33.2 Å². The van der Waals surface area contributed by atoms with E-state index in [1.165, 1.54) is 12.3 Å². The lowest BCUT2D eigenvalue weighted by atomic mass is 10.2. The van der Waals surface area contributed by atoms with Crippen molar-refractivity contribution in [3.05, 3.63) is 44.1 Å². The molecule has 0 spiro atoms. The Balaban J connectivity index is 2.15. The number of aromatic nitrogens is 2. The second kappa shape index (κ2) is 5.86. The number of hydrogen-bond donors (Lipinski definition) is 1. The molecule has 0 aliphatic rings. The lowest BCUT2D eigenvalue weighted by molar-refractivity contribution is 0.0940. The molecule has 0 aliphatic heterocycles. The zero-order valence-corrected chi connectivity index (χ0v) is 12.6. The second-order valence-electron chi connectivity index (χ2n) is 3.99. The van der Waals surface area contributed by atoms with Crippen LogP contribution in [0.2, 0.25) is 10.2 Å². The first-order chi connectivity index (χ1) is 8.97. The molecule has 0 aromatic carbocycles. The van der Waals surface area contributed by atoms with Crippen LogP contribution >= 0.6 is 34.5 Å². The summed E-state index contributed by atoms with van der Waals surface area (Å²) in [5.74, 6) is -0.297. The average Bonchev–Trinajstić information content (AvgIpc) is 2.79. The largest absolute Gasteiger partial charge is 0.343 e. The molecule has 0 saturated heterocycles. The number of nitrogens with zero attached hydrogens (tertiary/aromatic N) is 2. The van der Waals surface area contributed by atoms with Crippen molar-refractivity contribution >= 4 is 40.4 Å². The highest BCUT2D eigenvalue weighted by molar-refractivity contribution is 7.11. The van der Waals surface area contributed by atoms with E-state index in [1.54, 1.807) is 17.5 Å². The van der Waals surface area contributed by atoms with E-state index in [1.807, 2.05) is 13.8 Å². The van der Waals surface area contributed by atoms with Gasteiger partial charge in [0.25, 0.3) is 5.91 Å². The Morgan fingerprint density at radius 2 is 2.11 bits per heavy atom. The summed E-state index contributed by atoms with van der Waals surface area (Å²) in [5, 5.41) is 4.18. The molecule has 0 aliphatic carbocycles. The van der Waals surface area contributed by atoms with Crippen molar-refractivity contribution in [3.8, 4) is 0 Å². The highest BCUT2D eigenvalue weighted by Gasteiger charge is 2.16. The third-order valence-electron chi connectivity index (χ3n) is 2.42. The molecule has 100 valence electrons. The summed E-state index contributed by atoms with van der Waals surface area (Å²) in [4.78, 5) is 21.2. The number of carbonyl (C=O) groups is 1. The number of halogens is 2. The Morgan fingerprint density at radius 1 is 1.37 bits per heavy atom. The molecule has 0 radical (unpaired) electrons. The minimum atomic E-state index is -0.297. The minimum absolute atomic E-state index is 0.186. The first-order valence-corrected chi connectivity index (χ1v) is 7.09. The Kier molecular flexibility index (Phi) is 4.39. The van der Waals surface area contributed by atoms with Gasteiger partial charge < -0.3 is 5.32 Å². The van der Waals surface area contributed by atoms with Gasteiger partial charge in [0.15, 0.2) is 0 Å². The summed E-state index contributed by atoms with van der Waals surface area (Å²) in [6, 6.07) is 1.26. The van der Waals surface area contributed by atoms with Gasteiger partial charge in [-0.25, -0.2) is 9.97 Å². The topological polar surface area (TPSA) is 54.9 Å². The van der Waals surface area contributed by atoms with Crippen LogP contribution < -0.4 is 5.32 Å². The number of rotatable bonds is 3. The number of hydrogen-bond acceptors (Lipinski definition) is 4. The number of thiazole rings is 1. The standard InChI is InChI=1S/C12H11Cl2N3OS/c1-6-4-16-12(19-6)7(2)17-11(18)8-3-10(14)15-5-9(8)13/h3-5,7H,1-2H3,(H,17,18). The third kappa shape index (κ3) is 3.43. The van der Waals surface area contributed by atoms with Crippen molar-refractivity contribution < 1.29 is 4.79 Å². The second-order valence-corrected chi connectivity index (χ2v) is 6.05. The highest BCUT2D eigenvalue weighted by atomic mass is 35.5. The van der Waals surface area contributed by atoms with E-state index >= 15 is 0 Å². The smallest absolute Gasteiger partial charge is 0.253 e. The number of carbonyl (C=O) groups excluding carboxylic acids is 1. The van der Waals surface area contributed by atoms with Crippen LogP contribution in [0, 0.1) is 6.92 Å². The molecule has 7 heteroatoms. The van der Waals surface area contributed by atoms with Gasteiger partial charge in [-0.1, -0.05) is 23.2 Å². The average molecular weight is 316 g/mol. The Morgan fingerprint density at radius 3 is 2.74 bits per heavy atom. The van der Waals surface area contributed by atoms with E-state index in [0.29, 0.717) is 5.56 Å². The van der Waals surface area contributed by atoms with Crippen LogP contribution in [0.5, 0.6) is 0 Å². The van der Waals surface area contributed by atoms with Crippen molar-refractivity contribution in [2.45, 2.75) is 19.9 Å². The van der Waals surface area contributed by atoms with Gasteiger partial charge in [-0.15, -0.1) is 11.3 Å². The lowest BCUT2D eigenvalue weighted by Gasteiger charge is -2.12. The summed E-state index contributed by atoms with van der Waals surface area (Å²) >= 11 is 13.2. The van der Waals surface area contributed by atoms with Crippen LogP contribution in [0.4, 0.5) is 0 Å². The van der Waals surface area contributed by atoms with Gasteiger partial charge in [0.1, 0.15) is 10.2 Å². The van der Waals surface area contributed by atoms with Crippen molar-refractivity contribution in [2.24, 2.45) is 0 Å². The zero-order chi connectivity index (χ0) is 14.0. The van der Waals surface area contributed by atoms with E-state index in [4.69, 9.17) is 23.2 Å². The van der Waals surface area contributed by atoms with Crippen molar-refractivity contribution in [2.75, 3.05) is 0 Å². The molecule has 0 bridgehead atoms. The van der Waals surface area contributed by atoms with Gasteiger partial charge in [-0.05, 0) is 19.9 Å². The highest BCUT2D eigenvalue weighted by Crippen LogP contribution is 2.22. The summed E-state index contributed by atoms with van der Waals surface area (Å²) < 4.78 is 0. The normalized spacial score (nSPS) is 12.2. The molecule has 1 atom stereocenters. The van der Waals surface area contributed by atoms with Crippen LogP contribution in [-0.4, -0.2) is 15.9 Å². The maximum absolute atomic E-state index is 12.1. The molecule has 0 saturated carbocycles. The molecule has 19 heavy (non-hydrogen) atoms. The summed E-state index contributed by atoms with van der Waals surface area (Å²) in [6.45, 7) is 3.84. The Bertz CT molecular complexity index is 615. The molecule has 2 aromatic heterocycles. The molecule has 2 heterocycles. The predicted molar refractivity (Wildman–Crippen MR) is 77.0 cm³/mol. The Hall–Kier alpha value is -1.17. The van der Waals surface area contributed by atoms with Crippen LogP contribution in [0.3, 0.4) is 0 Å². The molecule has 2 aromatic rings. The predicted octanol–water partition coefficient (Wildman–Crippen LogP) is 3.64. The summed E-state index contributed by atoms with van der Waals surface area (Å²) in [6.07, 6.45) is 3.13. The SMILES string of the molecule is Cc1cnc(C(C)NC(=O)c2cc(Cl)ncc2Cl)s1. The maximum Gasteiger partial charge on any atom is 0.253 e. The zero-order valence-electron chi connectivity index (χ0n) is 10.3. The number of aryl methyl sites for hydroxylation is 1. The first-order valence-electron chi connectivity index (χ1n) is 5.51. The van der Waals surface area contributed by atoms with E-state index in [-0.39, 0.29) is 22.1 Å². The summed E-state index contributed by atoms with van der Waals surface area (Å²) in [7, 11) is 0. The fraction of sp³-hybridized carbons (Fsp3) is 0.250. The molecular weight excluding hydrogens is 305 g/mol. The molecule has 4 nitrogen and oxygen atoms in total. The maximum atomic E-state index is 12.1. The minimum Gasteiger partial charge on any atom is -0.343 e. The quantitative estimate of drug-likeness (QED) is 0.880. The van der Waals surface area contributed by atoms with Gasteiger partial charge in [-0.3, -0.25) is 4.79 Å². The fourth-order valence-corrected chi connectivity index (χ4v) is 2.62. The first kappa shape index (κ1) is 14.2. The number of nitrogens with one attached hydrogen (secondary N) is 1. The van der Waals surface area contributed by atoms with E-state index in [0.717, 1.165) is 9.88 Å². The van der Waals surface area contributed by atoms with Gasteiger partial charge in [0, 0.05) is 17.3 Å². The van der Waals surface area contributed by atoms with Gasteiger partial charge >= 0.3 is 0 Å². The van der Waals surface area contributed by atoms with Crippen LogP contribution in [0.25, 0.3) is 0 Å². The van der Waals surface area contributed by atoms with E-state index in [2.05, 4.69) is 15.3 Å². The third-order valence-corrected chi connectivity index (χ3v) is 4.03. The van der Waals surface area contributed by atoms with Crippen LogP contribution in [-0.2, 0) is 0 Å². The van der Waals surface area contributed by atoms with Gasteiger partial charge in [-0.2, -0.15) is 0 Å². The monoisotopic (exact) mass is 315 g/mol. The van der Waals surface area contributed by atoms with Gasteiger partial charge in [0.05, 0.1) is 16.6 Å². The molecule has 2 rings (SSSR count). The molecule has 1 N–H and O–H groups in total. The molecule has 1 amide bonds. The molecule has 1 unspecified atom stereocenters. The number of amides is 1. The lowest BCUT2D eigenvalue weighted by Crippen LogP contribution is -2.26. The van der Waals surface area contributed by atoms with Crippen LogP contribution in [0.15, 0.2) is 18.5 Å². The fourth-order valence-electron chi connectivity index (χ4n) is 1.50. The summed E-state index contributed by atoms with van der Waals surface area (Å²) in [5.41, 5.74) is 0.307. The van der Waals surface area contributed by atoms with Gasteiger partial charge in [0.2, 0.25) is 0 Å². The Labute approximate surface area is 124 Å². The number of pyridine rings is 1. The van der Waals surface area contributed by atoms with Crippen molar-refractivity contribution in [1.82, 2.24) is 15.3 Å². The molecular formula is C12H11Cl2N3OS. The van der Waals surface area contributed by atoms with E-state index in [9.17, 15) is 4.79 Å². The molecule has 0 fully saturated rings. The van der Waals surface area contributed by atoms with E-state index < -0.39 is 0 Å².